The van der Waals surface area contributed by atoms with Crippen LogP contribution in [0, 0.1) is 5.92 Å². The Labute approximate surface area is 281 Å². The number of aryl methyl sites for hydroxylation is 2. The number of hydrogen-bond donors (Lipinski definition) is 2. The molecule has 7 rings (SSSR count). The highest BCUT2D eigenvalue weighted by atomic mass is 32.1. The van der Waals surface area contributed by atoms with E-state index < -0.39 is 11.8 Å². The summed E-state index contributed by atoms with van der Waals surface area (Å²) in [4.78, 5) is 24.7. The van der Waals surface area contributed by atoms with Gasteiger partial charge in [0, 0.05) is 5.69 Å². The zero-order valence-corrected chi connectivity index (χ0v) is 27.0. The Hall–Kier alpha value is -5.09. The molecule has 244 valence electrons. The zero-order chi connectivity index (χ0) is 33.2. The fourth-order valence-electron chi connectivity index (χ4n) is 6.65. The maximum Gasteiger partial charge on any atom is 0.371 e. The fraction of sp³-hybridized carbons (Fsp3) is 0.263. The smallest absolute Gasteiger partial charge is 0.371 e. The molecule has 10 heteroatoms. The number of carbonyl (C=O) groups is 2. The predicted molar refractivity (Wildman–Crippen MR) is 184 cm³/mol. The van der Waals surface area contributed by atoms with Gasteiger partial charge in [0.1, 0.15) is 17.2 Å². The second-order valence-corrected chi connectivity index (χ2v) is 13.4. The molecule has 0 aliphatic heterocycles. The predicted octanol–water partition coefficient (Wildman–Crippen LogP) is 8.95. The third kappa shape index (κ3) is 6.94. The molecule has 0 radical (unpaired) electrons. The summed E-state index contributed by atoms with van der Waals surface area (Å²) in [5.74, 6) is -1.82. The first-order valence-electron chi connectivity index (χ1n) is 16.2. The largest absolute Gasteiger partial charge is 0.507 e. The molecule has 2 aliphatic carbocycles. The number of ether oxygens (including phenoxy) is 2. The van der Waals surface area contributed by atoms with Gasteiger partial charge in [-0.25, -0.2) is 4.79 Å². The monoisotopic (exact) mass is 663 g/mol. The van der Waals surface area contributed by atoms with E-state index in [1.807, 2.05) is 18.2 Å². The van der Waals surface area contributed by atoms with Crippen molar-refractivity contribution in [2.24, 2.45) is 5.92 Å². The summed E-state index contributed by atoms with van der Waals surface area (Å²) in [7, 11) is 0. The van der Waals surface area contributed by atoms with Gasteiger partial charge < -0.3 is 19.9 Å². The number of nitrogens with one attached hydrogen (secondary N) is 1. The number of hydrogen-bond acceptors (Lipinski definition) is 9. The average Bonchev–Trinajstić information content (AvgIpc) is 3.57. The number of phenols is 1. The van der Waals surface area contributed by atoms with E-state index in [1.165, 1.54) is 46.9 Å². The molecular formula is C38H34FN3O5S. The molecule has 2 N–H and O–H groups in total. The van der Waals surface area contributed by atoms with Crippen LogP contribution in [0.25, 0.3) is 21.3 Å². The molecule has 8 nitrogen and oxygen atoms in total. The van der Waals surface area contributed by atoms with Gasteiger partial charge >= 0.3 is 11.9 Å². The van der Waals surface area contributed by atoms with E-state index in [0.29, 0.717) is 40.2 Å². The Morgan fingerprint density at radius 2 is 1.56 bits per heavy atom. The molecule has 1 aromatic heterocycles. The van der Waals surface area contributed by atoms with Crippen molar-refractivity contribution >= 4 is 44.9 Å². The molecule has 0 spiro atoms. The molecule has 0 amide bonds. The van der Waals surface area contributed by atoms with Crippen LogP contribution in [0.1, 0.15) is 61.1 Å². The van der Waals surface area contributed by atoms with Gasteiger partial charge in [-0.1, -0.05) is 48.2 Å². The van der Waals surface area contributed by atoms with Crippen LogP contribution in [-0.2, 0) is 22.4 Å². The highest BCUT2D eigenvalue weighted by Crippen LogP contribution is 2.40. The van der Waals surface area contributed by atoms with E-state index in [1.54, 1.807) is 24.3 Å². The van der Waals surface area contributed by atoms with Crippen molar-refractivity contribution in [2.75, 3.05) is 5.32 Å². The molecular weight excluding hydrogens is 629 g/mol. The number of nitrogens with zero attached hydrogens (tertiary/aromatic N) is 2. The zero-order valence-electron chi connectivity index (χ0n) is 26.2. The number of rotatable bonds is 8. The number of halogens is 1. The van der Waals surface area contributed by atoms with Crippen molar-refractivity contribution < 1.29 is 28.6 Å². The van der Waals surface area contributed by atoms with Crippen molar-refractivity contribution in [1.82, 2.24) is 10.2 Å². The molecule has 1 saturated carbocycles. The van der Waals surface area contributed by atoms with Crippen LogP contribution in [0.2, 0.25) is 0 Å². The summed E-state index contributed by atoms with van der Waals surface area (Å²) in [6.07, 6.45) is 7.72. The van der Waals surface area contributed by atoms with Crippen LogP contribution in [0.15, 0.2) is 85.2 Å². The molecule has 48 heavy (non-hydrogen) atoms. The van der Waals surface area contributed by atoms with Crippen molar-refractivity contribution in [3.63, 3.8) is 0 Å². The number of aromatic nitrogens is 2. The molecule has 5 aromatic rings. The van der Waals surface area contributed by atoms with E-state index in [4.69, 9.17) is 9.47 Å². The van der Waals surface area contributed by atoms with Crippen LogP contribution in [-0.4, -0.2) is 27.2 Å². The van der Waals surface area contributed by atoms with Gasteiger partial charge in [0.15, 0.2) is 5.01 Å². The van der Waals surface area contributed by atoms with Gasteiger partial charge in [0.25, 0.3) is 0 Å². The van der Waals surface area contributed by atoms with Gasteiger partial charge in [-0.05, 0) is 127 Å². The van der Waals surface area contributed by atoms with Crippen LogP contribution < -0.4 is 14.8 Å². The van der Waals surface area contributed by atoms with E-state index in [-0.39, 0.29) is 23.4 Å². The standard InChI is InChI=1S/C38H34FN3O5S/c1-22(39)36(44)46-31-15-13-28-18-27(10-11-29(28)20-31)24-6-8-25(9-7-24)37(45)47-32-16-17-34(43)33(21-32)35-41-42-38(48-35)40-30-14-12-23-4-2-3-5-26(23)19-30/h10-21,24-25,43H,1-9H2,(H,40,42). The molecule has 1 heterocycles. The highest BCUT2D eigenvalue weighted by molar-refractivity contribution is 7.18. The first-order valence-corrected chi connectivity index (χ1v) is 17.0. The SMILES string of the molecule is C=C(F)C(=O)Oc1ccc2cc(C3CCC(C(=O)Oc4ccc(O)c(-c5nnc(Nc6ccc7c(c6)CCCC7)s5)c4)CC3)ccc2c1. The Balaban J connectivity index is 0.960. The quantitative estimate of drug-likeness (QED) is 0.0962. The van der Waals surface area contributed by atoms with E-state index in [2.05, 4.69) is 46.4 Å². The third-order valence-electron chi connectivity index (χ3n) is 9.24. The highest BCUT2D eigenvalue weighted by Gasteiger charge is 2.29. The molecule has 2 aliphatic rings. The third-order valence-corrected chi connectivity index (χ3v) is 10.1. The summed E-state index contributed by atoms with van der Waals surface area (Å²) in [5.41, 5.74) is 5.37. The Kier molecular flexibility index (Phi) is 8.90. The minimum atomic E-state index is -1.14. The summed E-state index contributed by atoms with van der Waals surface area (Å²) in [5, 5.41) is 25.5. The summed E-state index contributed by atoms with van der Waals surface area (Å²) >= 11 is 1.32. The number of benzene rings is 4. The fourth-order valence-corrected chi connectivity index (χ4v) is 7.44. The first kappa shape index (κ1) is 31.5. The van der Waals surface area contributed by atoms with Gasteiger partial charge in [-0.2, -0.15) is 4.39 Å². The molecule has 0 saturated heterocycles. The van der Waals surface area contributed by atoms with E-state index in [0.717, 1.165) is 42.1 Å². The molecule has 1 fully saturated rings. The average molecular weight is 664 g/mol. The lowest BCUT2D eigenvalue weighted by Gasteiger charge is -2.27. The van der Waals surface area contributed by atoms with Crippen molar-refractivity contribution in [1.29, 1.82) is 0 Å². The van der Waals surface area contributed by atoms with Crippen molar-refractivity contribution in [2.45, 2.75) is 57.3 Å². The molecule has 0 atom stereocenters. The van der Waals surface area contributed by atoms with Crippen molar-refractivity contribution in [3.8, 4) is 27.8 Å². The van der Waals surface area contributed by atoms with Gasteiger partial charge in [-0.3, -0.25) is 4.79 Å². The Morgan fingerprint density at radius 1 is 0.833 bits per heavy atom. The second-order valence-electron chi connectivity index (χ2n) is 12.4. The lowest BCUT2D eigenvalue weighted by molar-refractivity contribution is -0.140. The van der Waals surface area contributed by atoms with Crippen LogP contribution in [0.3, 0.4) is 0 Å². The molecule has 0 bridgehead atoms. The topological polar surface area (TPSA) is 111 Å². The van der Waals surface area contributed by atoms with Crippen LogP contribution >= 0.6 is 11.3 Å². The lowest BCUT2D eigenvalue weighted by atomic mass is 9.78. The van der Waals surface area contributed by atoms with E-state index in [9.17, 15) is 19.1 Å². The Bertz CT molecular complexity index is 2030. The molecule has 4 aromatic carbocycles. The number of anilines is 2. The van der Waals surface area contributed by atoms with Crippen LogP contribution in [0.4, 0.5) is 15.2 Å². The first-order chi connectivity index (χ1) is 23.3. The minimum absolute atomic E-state index is 0.0325. The number of phenolic OH excluding ortho intramolecular Hbond substituents is 1. The number of fused-ring (bicyclic) bond motifs is 2. The normalized spacial score (nSPS) is 17.4. The number of esters is 2. The number of carbonyl (C=O) groups excluding carboxylic acids is 2. The minimum Gasteiger partial charge on any atom is -0.507 e. The lowest BCUT2D eigenvalue weighted by Crippen LogP contribution is -2.25. The van der Waals surface area contributed by atoms with Gasteiger partial charge in [0.2, 0.25) is 11.0 Å². The van der Waals surface area contributed by atoms with Gasteiger partial charge in [0.05, 0.1) is 11.5 Å². The number of aromatic hydroxyl groups is 1. The summed E-state index contributed by atoms with van der Waals surface area (Å²) in [6, 6.07) is 22.4. The molecule has 0 unspecified atom stereocenters. The Morgan fingerprint density at radius 3 is 2.38 bits per heavy atom. The van der Waals surface area contributed by atoms with E-state index >= 15 is 0 Å². The summed E-state index contributed by atoms with van der Waals surface area (Å²) < 4.78 is 23.8. The van der Waals surface area contributed by atoms with Crippen molar-refractivity contribution in [3.05, 3.63) is 102 Å². The van der Waals surface area contributed by atoms with Crippen LogP contribution in [0.5, 0.6) is 17.2 Å². The van der Waals surface area contributed by atoms with Gasteiger partial charge in [-0.15, -0.1) is 10.2 Å². The maximum atomic E-state index is 13.2. The maximum absolute atomic E-state index is 13.2. The summed E-state index contributed by atoms with van der Waals surface area (Å²) in [6.45, 7) is 2.97. The second kappa shape index (κ2) is 13.6.